The lowest BCUT2D eigenvalue weighted by molar-refractivity contribution is -0.174. The van der Waals surface area contributed by atoms with Crippen LogP contribution in [0.1, 0.15) is 15.9 Å². The zero-order valence-electron chi connectivity index (χ0n) is 15.7. The van der Waals surface area contributed by atoms with Gasteiger partial charge in [-0.1, -0.05) is 18.2 Å². The number of rotatable bonds is 5. The number of nitrogens with zero attached hydrogens (tertiary/aromatic N) is 2. The molecule has 0 aromatic heterocycles. The third-order valence-corrected chi connectivity index (χ3v) is 5.38. The number of carbonyl (C=O) groups excluding carboxylic acids is 2. The molecule has 6 nitrogen and oxygen atoms in total. The van der Waals surface area contributed by atoms with Crippen molar-refractivity contribution < 1.29 is 23.1 Å². The molecular formula is C21H21F2N3O3. The van der Waals surface area contributed by atoms with E-state index in [1.165, 1.54) is 35.2 Å². The molecule has 152 valence electrons. The van der Waals surface area contributed by atoms with Crippen molar-refractivity contribution in [2.45, 2.75) is 6.54 Å². The lowest BCUT2D eigenvalue weighted by Crippen LogP contribution is -2.68. The van der Waals surface area contributed by atoms with Crippen molar-refractivity contribution in [1.29, 1.82) is 0 Å². The van der Waals surface area contributed by atoms with Gasteiger partial charge in [0.15, 0.2) is 5.78 Å². The number of amides is 2. The molecule has 0 radical (unpaired) electrons. The van der Waals surface area contributed by atoms with Crippen LogP contribution in [0.3, 0.4) is 0 Å². The van der Waals surface area contributed by atoms with Crippen LogP contribution < -0.4 is 10.6 Å². The second kappa shape index (κ2) is 7.53. The quantitative estimate of drug-likeness (QED) is 0.782. The van der Waals surface area contributed by atoms with E-state index >= 15 is 0 Å². The van der Waals surface area contributed by atoms with Gasteiger partial charge in [0.25, 0.3) is 0 Å². The number of carbonyl (C=O) groups is 2. The van der Waals surface area contributed by atoms with Crippen molar-refractivity contribution in [1.82, 2.24) is 4.90 Å². The van der Waals surface area contributed by atoms with E-state index in [4.69, 9.17) is 10.5 Å². The summed E-state index contributed by atoms with van der Waals surface area (Å²) in [7, 11) is 0. The molecule has 2 N–H and O–H groups in total. The third-order valence-electron chi connectivity index (χ3n) is 5.38. The summed E-state index contributed by atoms with van der Waals surface area (Å²) in [6.45, 7) is 2.07. The van der Waals surface area contributed by atoms with Crippen molar-refractivity contribution in [3.05, 3.63) is 65.2 Å². The van der Waals surface area contributed by atoms with Crippen LogP contribution in [0.2, 0.25) is 0 Å². The molecule has 0 aliphatic carbocycles. The van der Waals surface area contributed by atoms with Crippen LogP contribution in [-0.2, 0) is 11.3 Å². The highest BCUT2D eigenvalue weighted by Gasteiger charge is 2.51. The van der Waals surface area contributed by atoms with Crippen molar-refractivity contribution in [3.63, 3.8) is 0 Å². The second-order valence-electron chi connectivity index (χ2n) is 7.63. The standard InChI is InChI=1S/C21H21F2N3O3/c22-16-2-1-3-17(7-16)26(20(28)25-10-21(11-25)12-29-13-21)9-15-5-4-14(6-18(15)23)19(27)8-24/h1-7H,8-13,24H2. The van der Waals surface area contributed by atoms with Crippen LogP contribution >= 0.6 is 0 Å². The minimum Gasteiger partial charge on any atom is -0.380 e. The molecular weight excluding hydrogens is 380 g/mol. The highest BCUT2D eigenvalue weighted by molar-refractivity contribution is 5.97. The Morgan fingerprint density at radius 3 is 2.48 bits per heavy atom. The van der Waals surface area contributed by atoms with Crippen LogP contribution in [0.25, 0.3) is 0 Å². The predicted molar refractivity (Wildman–Crippen MR) is 103 cm³/mol. The average molecular weight is 401 g/mol. The molecule has 2 aliphatic heterocycles. The van der Waals surface area contributed by atoms with E-state index in [0.29, 0.717) is 32.0 Å². The molecule has 2 fully saturated rings. The minimum atomic E-state index is -0.619. The van der Waals surface area contributed by atoms with Gasteiger partial charge in [0, 0.05) is 29.9 Å². The van der Waals surface area contributed by atoms with Crippen molar-refractivity contribution in [3.8, 4) is 0 Å². The molecule has 2 aliphatic rings. The van der Waals surface area contributed by atoms with Gasteiger partial charge in [0.05, 0.1) is 31.7 Å². The summed E-state index contributed by atoms with van der Waals surface area (Å²) < 4.78 is 33.6. The van der Waals surface area contributed by atoms with Crippen LogP contribution in [0.5, 0.6) is 0 Å². The third kappa shape index (κ3) is 3.73. The van der Waals surface area contributed by atoms with Gasteiger partial charge in [0.2, 0.25) is 0 Å². The SMILES string of the molecule is NCC(=O)c1ccc(CN(C(=O)N2CC3(COC3)C2)c2cccc(F)c2)c(F)c1. The molecule has 2 aromatic rings. The first-order valence-electron chi connectivity index (χ1n) is 9.32. The van der Waals surface area contributed by atoms with Gasteiger partial charge in [-0.3, -0.25) is 9.69 Å². The van der Waals surface area contributed by atoms with Crippen molar-refractivity contribution in [2.24, 2.45) is 11.1 Å². The van der Waals surface area contributed by atoms with Gasteiger partial charge in [-0.05, 0) is 24.3 Å². The van der Waals surface area contributed by atoms with E-state index in [9.17, 15) is 18.4 Å². The van der Waals surface area contributed by atoms with E-state index in [0.717, 1.165) is 6.07 Å². The molecule has 0 atom stereocenters. The maximum absolute atomic E-state index is 14.6. The molecule has 8 heteroatoms. The monoisotopic (exact) mass is 401 g/mol. The fraction of sp³-hybridized carbons (Fsp3) is 0.333. The normalized spacial score (nSPS) is 16.9. The van der Waals surface area contributed by atoms with E-state index < -0.39 is 11.6 Å². The number of urea groups is 1. The summed E-state index contributed by atoms with van der Waals surface area (Å²) >= 11 is 0. The molecule has 1 spiro atoms. The summed E-state index contributed by atoms with van der Waals surface area (Å²) in [5.74, 6) is -1.48. The van der Waals surface area contributed by atoms with Gasteiger partial charge in [0.1, 0.15) is 11.6 Å². The Kier molecular flexibility index (Phi) is 5.06. The van der Waals surface area contributed by atoms with E-state index in [1.54, 1.807) is 11.0 Å². The first-order valence-corrected chi connectivity index (χ1v) is 9.32. The second-order valence-corrected chi connectivity index (χ2v) is 7.63. The van der Waals surface area contributed by atoms with Gasteiger partial charge in [-0.15, -0.1) is 0 Å². The van der Waals surface area contributed by atoms with Crippen molar-refractivity contribution >= 4 is 17.5 Å². The smallest absolute Gasteiger partial charge is 0.324 e. The molecule has 2 aromatic carbocycles. The number of halogens is 2. The van der Waals surface area contributed by atoms with Crippen LogP contribution in [0.15, 0.2) is 42.5 Å². The Morgan fingerprint density at radius 1 is 1.14 bits per heavy atom. The Morgan fingerprint density at radius 2 is 1.90 bits per heavy atom. The summed E-state index contributed by atoms with van der Waals surface area (Å²) in [6, 6.07) is 9.35. The van der Waals surface area contributed by atoms with Crippen LogP contribution in [-0.4, -0.2) is 49.6 Å². The lowest BCUT2D eigenvalue weighted by Gasteiger charge is -2.55. The van der Waals surface area contributed by atoms with Gasteiger partial charge < -0.3 is 15.4 Å². The summed E-state index contributed by atoms with van der Waals surface area (Å²) in [5, 5.41) is 0. The lowest BCUT2D eigenvalue weighted by atomic mass is 9.78. The molecule has 2 heterocycles. The van der Waals surface area contributed by atoms with E-state index in [-0.39, 0.29) is 41.4 Å². The Labute approximate surface area is 166 Å². The number of likely N-dealkylation sites (tertiary alicyclic amines) is 1. The number of ketones is 1. The fourth-order valence-corrected chi connectivity index (χ4v) is 3.69. The van der Waals surface area contributed by atoms with E-state index in [2.05, 4.69) is 0 Å². The molecule has 2 amide bonds. The number of hydrogen-bond donors (Lipinski definition) is 1. The Bertz CT molecular complexity index is 954. The highest BCUT2D eigenvalue weighted by atomic mass is 19.1. The number of anilines is 1. The molecule has 0 saturated carbocycles. The first kappa shape index (κ1) is 19.5. The maximum atomic E-state index is 14.6. The molecule has 0 unspecified atom stereocenters. The highest BCUT2D eigenvalue weighted by Crippen LogP contribution is 2.38. The van der Waals surface area contributed by atoms with Gasteiger partial charge in [-0.2, -0.15) is 0 Å². The number of benzene rings is 2. The minimum absolute atomic E-state index is 0.0265. The number of ether oxygens (including phenoxy) is 1. The predicted octanol–water partition coefficient (Wildman–Crippen LogP) is 2.57. The summed E-state index contributed by atoms with van der Waals surface area (Å²) in [5.41, 5.74) is 6.08. The van der Waals surface area contributed by atoms with Crippen LogP contribution in [0, 0.1) is 17.0 Å². The number of nitrogens with two attached hydrogens (primary N) is 1. The average Bonchev–Trinajstić information content (AvgIpc) is 2.64. The Hall–Kier alpha value is -2.84. The topological polar surface area (TPSA) is 75.9 Å². The number of Topliss-reactive ketones (excluding diaryl/α,β-unsaturated/α-hetero) is 1. The van der Waals surface area contributed by atoms with Crippen molar-refractivity contribution in [2.75, 3.05) is 37.7 Å². The first-order chi connectivity index (χ1) is 13.9. The zero-order chi connectivity index (χ0) is 20.6. The maximum Gasteiger partial charge on any atom is 0.324 e. The Balaban J connectivity index is 1.59. The molecule has 29 heavy (non-hydrogen) atoms. The van der Waals surface area contributed by atoms with Gasteiger partial charge in [-0.25, -0.2) is 13.6 Å². The van der Waals surface area contributed by atoms with Crippen LogP contribution in [0.4, 0.5) is 19.3 Å². The number of hydrogen-bond acceptors (Lipinski definition) is 4. The zero-order valence-corrected chi connectivity index (χ0v) is 15.7. The summed E-state index contributed by atoms with van der Waals surface area (Å²) in [6.07, 6.45) is 0. The molecule has 4 rings (SSSR count). The fourth-order valence-electron chi connectivity index (χ4n) is 3.69. The van der Waals surface area contributed by atoms with Gasteiger partial charge >= 0.3 is 6.03 Å². The summed E-state index contributed by atoms with van der Waals surface area (Å²) in [4.78, 5) is 27.8. The van der Waals surface area contributed by atoms with E-state index in [1.807, 2.05) is 0 Å². The molecule has 2 saturated heterocycles. The largest absolute Gasteiger partial charge is 0.380 e. The molecule has 0 bridgehead atoms.